The molecule has 1 heterocycles. The smallest absolute Gasteiger partial charge is 0.168 e. The van der Waals surface area contributed by atoms with E-state index in [4.69, 9.17) is 4.52 Å². The number of hydrogen-bond acceptors (Lipinski definition) is 6. The molecule has 6 nitrogen and oxygen atoms in total. The molecule has 2 aliphatic rings. The van der Waals surface area contributed by atoms with Crippen LogP contribution in [-0.2, 0) is 17.6 Å². The highest BCUT2D eigenvalue weighted by atomic mass is 16.5. The van der Waals surface area contributed by atoms with Gasteiger partial charge in [-0.1, -0.05) is 19.0 Å². The summed E-state index contributed by atoms with van der Waals surface area (Å²) in [5, 5.41) is 14.5. The number of Topliss-reactive ketones (excluding diaryl/α,β-unsaturated/α-hetero) is 2. The predicted molar refractivity (Wildman–Crippen MR) is 93.1 cm³/mol. The number of aliphatic hydroxyl groups is 1. The zero-order valence-corrected chi connectivity index (χ0v) is 15.0. The number of fused-ring (bicyclic) bond motifs is 1. The van der Waals surface area contributed by atoms with Crippen LogP contribution in [0.1, 0.15) is 67.8 Å². The fourth-order valence-electron chi connectivity index (χ4n) is 3.73. The van der Waals surface area contributed by atoms with Crippen LogP contribution < -0.4 is 0 Å². The van der Waals surface area contributed by atoms with Gasteiger partial charge in [0.05, 0.1) is 16.8 Å². The first kappa shape index (κ1) is 17.6. The third-order valence-electron chi connectivity index (χ3n) is 4.93. The van der Waals surface area contributed by atoms with Gasteiger partial charge in [0.15, 0.2) is 11.6 Å². The number of hydrogen-bond donors (Lipinski definition) is 1. The Morgan fingerprint density at radius 2 is 2.00 bits per heavy atom. The van der Waals surface area contributed by atoms with Crippen molar-refractivity contribution >= 4 is 17.3 Å². The van der Waals surface area contributed by atoms with Gasteiger partial charge in [0, 0.05) is 44.9 Å². The summed E-state index contributed by atoms with van der Waals surface area (Å²) in [6.45, 7) is 4.07. The van der Waals surface area contributed by atoms with Gasteiger partial charge in [-0.3, -0.25) is 14.6 Å². The van der Waals surface area contributed by atoms with E-state index in [2.05, 4.69) is 10.1 Å². The van der Waals surface area contributed by atoms with Crippen LogP contribution in [0.2, 0.25) is 0 Å². The largest absolute Gasteiger partial charge is 0.511 e. The van der Waals surface area contributed by atoms with E-state index in [1.54, 1.807) is 7.05 Å². The molecule has 0 unspecified atom stereocenters. The zero-order valence-electron chi connectivity index (χ0n) is 15.0. The van der Waals surface area contributed by atoms with Crippen LogP contribution in [0, 0.1) is 5.41 Å². The van der Waals surface area contributed by atoms with Gasteiger partial charge in [0.1, 0.15) is 11.5 Å². The van der Waals surface area contributed by atoms with Gasteiger partial charge in [0.2, 0.25) is 0 Å². The zero-order chi connectivity index (χ0) is 18.2. The monoisotopic (exact) mass is 344 g/mol. The summed E-state index contributed by atoms with van der Waals surface area (Å²) in [6.07, 6.45) is 3.66. The van der Waals surface area contributed by atoms with Crippen LogP contribution in [0.25, 0.3) is 0 Å². The molecule has 0 amide bonds. The average molecular weight is 344 g/mol. The molecule has 1 aromatic heterocycles. The van der Waals surface area contributed by atoms with Crippen LogP contribution >= 0.6 is 0 Å². The fraction of sp³-hybridized carbons (Fsp3) is 0.579. The Hall–Kier alpha value is -2.24. The lowest BCUT2D eigenvalue weighted by Crippen LogP contribution is -2.26. The van der Waals surface area contributed by atoms with Gasteiger partial charge < -0.3 is 9.63 Å². The Labute approximate surface area is 147 Å². The Morgan fingerprint density at radius 3 is 2.72 bits per heavy atom. The highest BCUT2D eigenvalue weighted by Gasteiger charge is 2.36. The molecular formula is C19H24N2O4. The second-order valence-corrected chi connectivity index (χ2v) is 7.64. The van der Waals surface area contributed by atoms with Crippen molar-refractivity contribution in [1.82, 2.24) is 5.16 Å². The van der Waals surface area contributed by atoms with Crippen LogP contribution in [0.4, 0.5) is 0 Å². The number of aliphatic imine (C=N–C) groups is 1. The topological polar surface area (TPSA) is 92.8 Å². The number of ketones is 2. The van der Waals surface area contributed by atoms with E-state index in [0.29, 0.717) is 60.4 Å². The number of rotatable bonds is 3. The van der Waals surface area contributed by atoms with Gasteiger partial charge in [0.25, 0.3) is 0 Å². The van der Waals surface area contributed by atoms with E-state index in [0.717, 1.165) is 6.42 Å². The molecule has 2 aliphatic carbocycles. The molecule has 0 radical (unpaired) electrons. The first-order valence-corrected chi connectivity index (χ1v) is 8.74. The van der Waals surface area contributed by atoms with Crippen LogP contribution in [0.3, 0.4) is 0 Å². The molecule has 1 aromatic rings. The lowest BCUT2D eigenvalue weighted by atomic mass is 9.76. The number of aliphatic hydroxyl groups excluding tert-OH is 1. The average Bonchev–Trinajstić information content (AvgIpc) is 2.93. The maximum absolute atomic E-state index is 12.4. The summed E-state index contributed by atoms with van der Waals surface area (Å²) >= 11 is 0. The Balaban J connectivity index is 1.81. The van der Waals surface area contributed by atoms with Crippen molar-refractivity contribution in [3.05, 3.63) is 28.3 Å². The van der Waals surface area contributed by atoms with Gasteiger partial charge in [-0.25, -0.2) is 0 Å². The van der Waals surface area contributed by atoms with Gasteiger partial charge in [-0.2, -0.15) is 0 Å². The summed E-state index contributed by atoms with van der Waals surface area (Å²) < 4.78 is 5.38. The molecule has 0 bridgehead atoms. The van der Waals surface area contributed by atoms with E-state index >= 15 is 0 Å². The number of nitrogens with zero attached hydrogens (tertiary/aromatic N) is 2. The Morgan fingerprint density at radius 1 is 1.24 bits per heavy atom. The molecule has 134 valence electrons. The molecule has 1 saturated carbocycles. The fourth-order valence-corrected chi connectivity index (χ4v) is 3.73. The number of aryl methyl sites for hydroxylation is 1. The van der Waals surface area contributed by atoms with E-state index < -0.39 is 0 Å². The normalized spacial score (nSPS) is 23.7. The molecule has 25 heavy (non-hydrogen) atoms. The minimum atomic E-state index is -0.119. The summed E-state index contributed by atoms with van der Waals surface area (Å²) in [4.78, 5) is 28.7. The first-order valence-electron chi connectivity index (χ1n) is 8.74. The molecule has 0 saturated heterocycles. The van der Waals surface area contributed by atoms with Gasteiger partial charge in [-0.05, 0) is 18.3 Å². The van der Waals surface area contributed by atoms with Crippen molar-refractivity contribution in [2.75, 3.05) is 7.05 Å². The molecule has 1 N–H and O–H groups in total. The molecule has 0 spiro atoms. The standard InChI is InChI=1S/C19H24N2O4/c1-19(2)9-15(24)18-12(21-25-16(18)10-19)7-8-14(23)17-11(20-3)5-4-6-13(17)22/h23H,4-10H2,1-3H3/b17-14-,20-11?. The van der Waals surface area contributed by atoms with E-state index in [9.17, 15) is 14.7 Å². The molecule has 3 rings (SSSR count). The SMILES string of the molecule is CN=C1CCCC(=O)/C1=C(\O)CCc1noc2c1C(=O)CC(C)(C)C2. The van der Waals surface area contributed by atoms with Gasteiger partial charge in [-0.15, -0.1) is 0 Å². The third kappa shape index (κ3) is 3.43. The highest BCUT2D eigenvalue weighted by Crippen LogP contribution is 2.36. The molecule has 0 aliphatic heterocycles. The summed E-state index contributed by atoms with van der Waals surface area (Å²) in [5.41, 5.74) is 2.02. The van der Waals surface area contributed by atoms with Crippen LogP contribution in [0.15, 0.2) is 20.8 Å². The minimum Gasteiger partial charge on any atom is -0.511 e. The van der Waals surface area contributed by atoms with Crippen molar-refractivity contribution in [2.24, 2.45) is 10.4 Å². The van der Waals surface area contributed by atoms with Crippen LogP contribution in [-0.4, -0.2) is 34.6 Å². The molecular weight excluding hydrogens is 320 g/mol. The van der Waals surface area contributed by atoms with Crippen molar-refractivity contribution in [3.63, 3.8) is 0 Å². The Bertz CT molecular complexity index is 783. The van der Waals surface area contributed by atoms with E-state index in [-0.39, 0.29) is 29.2 Å². The second kappa shape index (κ2) is 6.58. The predicted octanol–water partition coefficient (Wildman–Crippen LogP) is 3.40. The van der Waals surface area contributed by atoms with Crippen molar-refractivity contribution in [1.29, 1.82) is 0 Å². The number of carbonyl (C=O) groups is 2. The summed E-state index contributed by atoms with van der Waals surface area (Å²) in [6, 6.07) is 0. The van der Waals surface area contributed by atoms with Crippen molar-refractivity contribution in [3.8, 4) is 0 Å². The number of carbonyl (C=O) groups excluding carboxylic acids is 2. The summed E-state index contributed by atoms with van der Waals surface area (Å²) in [5.74, 6) is 0.641. The number of allylic oxidation sites excluding steroid dienone is 2. The maximum atomic E-state index is 12.4. The lowest BCUT2D eigenvalue weighted by Gasteiger charge is -2.26. The molecule has 0 aromatic carbocycles. The van der Waals surface area contributed by atoms with Crippen LogP contribution in [0.5, 0.6) is 0 Å². The third-order valence-corrected chi connectivity index (χ3v) is 4.93. The van der Waals surface area contributed by atoms with Crippen molar-refractivity contribution < 1.29 is 19.2 Å². The van der Waals surface area contributed by atoms with E-state index in [1.165, 1.54) is 0 Å². The summed E-state index contributed by atoms with van der Waals surface area (Å²) in [7, 11) is 1.63. The molecule has 0 atom stereocenters. The highest BCUT2D eigenvalue weighted by molar-refractivity contribution is 6.24. The second-order valence-electron chi connectivity index (χ2n) is 7.64. The quantitative estimate of drug-likeness (QED) is 0.670. The van der Waals surface area contributed by atoms with Gasteiger partial charge >= 0.3 is 0 Å². The lowest BCUT2D eigenvalue weighted by molar-refractivity contribution is -0.115. The molecule has 1 fully saturated rings. The molecule has 6 heteroatoms. The Kier molecular flexibility index (Phi) is 4.62. The first-order chi connectivity index (χ1) is 11.8. The van der Waals surface area contributed by atoms with Crippen molar-refractivity contribution in [2.45, 2.75) is 58.8 Å². The number of aromatic nitrogens is 1. The minimum absolute atomic E-state index is 0.0330. The van der Waals surface area contributed by atoms with E-state index in [1.807, 2.05) is 13.8 Å². The maximum Gasteiger partial charge on any atom is 0.168 e.